The third-order valence-corrected chi connectivity index (χ3v) is 1.94. The number of ether oxygens (including phenoxy) is 3. The molecule has 0 amide bonds. The van der Waals surface area contributed by atoms with E-state index in [0.717, 1.165) is 39.3 Å². The van der Waals surface area contributed by atoms with E-state index in [1.807, 2.05) is 13.8 Å². The predicted octanol–water partition coefficient (Wildman–Crippen LogP) is 1.05. The fraction of sp³-hybridized carbons (Fsp3) is 1.00. The maximum Gasteiger partial charge on any atom is 0.0780 e. The lowest BCUT2D eigenvalue weighted by atomic mass is 10.4. The second-order valence-corrected chi connectivity index (χ2v) is 3.44. The highest BCUT2D eigenvalue weighted by Crippen LogP contribution is 1.93. The molecule has 0 saturated heterocycles. The average Bonchev–Trinajstić information content (AvgIpc) is 2.25. The first kappa shape index (κ1) is 14.8. The zero-order valence-corrected chi connectivity index (χ0v) is 10.3. The Kier molecular flexibility index (Phi) is 11.8. The van der Waals surface area contributed by atoms with E-state index in [-0.39, 0.29) is 6.10 Å². The Hall–Kier alpha value is -0.160. The lowest BCUT2D eigenvalue weighted by Gasteiger charge is -2.12. The van der Waals surface area contributed by atoms with Crippen molar-refractivity contribution in [3.8, 4) is 0 Å². The number of nitrogens with one attached hydrogen (secondary N) is 1. The van der Waals surface area contributed by atoms with E-state index in [9.17, 15) is 0 Å². The van der Waals surface area contributed by atoms with Crippen molar-refractivity contribution in [2.24, 2.45) is 0 Å². The van der Waals surface area contributed by atoms with Crippen molar-refractivity contribution < 1.29 is 14.2 Å². The summed E-state index contributed by atoms with van der Waals surface area (Å²) in [6.07, 6.45) is 1.23. The van der Waals surface area contributed by atoms with Crippen LogP contribution in [0, 0.1) is 0 Å². The lowest BCUT2D eigenvalue weighted by Crippen LogP contribution is -2.23. The smallest absolute Gasteiger partial charge is 0.0780 e. The van der Waals surface area contributed by atoms with Crippen molar-refractivity contribution in [2.75, 3.05) is 46.6 Å². The zero-order valence-electron chi connectivity index (χ0n) is 10.3. The van der Waals surface area contributed by atoms with Gasteiger partial charge >= 0.3 is 0 Å². The van der Waals surface area contributed by atoms with Crippen LogP contribution in [0.25, 0.3) is 0 Å². The molecule has 92 valence electrons. The van der Waals surface area contributed by atoms with Crippen molar-refractivity contribution >= 4 is 0 Å². The summed E-state index contributed by atoms with van der Waals surface area (Å²) >= 11 is 0. The van der Waals surface area contributed by atoms with Crippen LogP contribution in [0.2, 0.25) is 0 Å². The lowest BCUT2D eigenvalue weighted by molar-refractivity contribution is -0.00397. The fourth-order valence-electron chi connectivity index (χ4n) is 1.11. The largest absolute Gasteiger partial charge is 0.383 e. The highest BCUT2D eigenvalue weighted by Gasteiger charge is 2.00. The monoisotopic (exact) mass is 219 g/mol. The molecule has 0 rings (SSSR count). The van der Waals surface area contributed by atoms with Crippen LogP contribution in [0.3, 0.4) is 0 Å². The first-order valence-electron chi connectivity index (χ1n) is 5.70. The third kappa shape index (κ3) is 11.8. The highest BCUT2D eigenvalue weighted by atomic mass is 16.5. The molecular weight excluding hydrogens is 194 g/mol. The molecule has 0 saturated carbocycles. The average molecular weight is 219 g/mol. The van der Waals surface area contributed by atoms with Gasteiger partial charge in [0.15, 0.2) is 0 Å². The van der Waals surface area contributed by atoms with E-state index in [1.54, 1.807) is 7.11 Å². The van der Waals surface area contributed by atoms with E-state index in [0.29, 0.717) is 6.61 Å². The van der Waals surface area contributed by atoms with Gasteiger partial charge < -0.3 is 19.5 Å². The van der Waals surface area contributed by atoms with Gasteiger partial charge in [-0.15, -0.1) is 0 Å². The molecule has 0 aliphatic carbocycles. The molecule has 1 atom stereocenters. The minimum Gasteiger partial charge on any atom is -0.383 e. The molecule has 0 aromatic carbocycles. The van der Waals surface area contributed by atoms with Crippen LogP contribution in [-0.2, 0) is 14.2 Å². The van der Waals surface area contributed by atoms with Gasteiger partial charge in [-0.2, -0.15) is 0 Å². The number of rotatable bonds is 11. The van der Waals surface area contributed by atoms with Crippen molar-refractivity contribution in [1.29, 1.82) is 0 Å². The maximum atomic E-state index is 5.55. The topological polar surface area (TPSA) is 39.7 Å². The molecular formula is C11H25NO3. The van der Waals surface area contributed by atoms with Crippen LogP contribution in [-0.4, -0.2) is 52.7 Å². The quantitative estimate of drug-likeness (QED) is 0.527. The van der Waals surface area contributed by atoms with E-state index >= 15 is 0 Å². The molecule has 0 spiro atoms. The number of hydrogen-bond acceptors (Lipinski definition) is 4. The third-order valence-electron chi connectivity index (χ3n) is 1.94. The van der Waals surface area contributed by atoms with Gasteiger partial charge in [0.2, 0.25) is 0 Å². The molecule has 1 N–H and O–H groups in total. The van der Waals surface area contributed by atoms with Crippen molar-refractivity contribution in [2.45, 2.75) is 26.4 Å². The predicted molar refractivity (Wildman–Crippen MR) is 61.3 cm³/mol. The van der Waals surface area contributed by atoms with E-state index < -0.39 is 0 Å². The Morgan fingerprint density at radius 3 is 2.67 bits per heavy atom. The van der Waals surface area contributed by atoms with Gasteiger partial charge in [0, 0.05) is 26.9 Å². The molecule has 0 aliphatic rings. The van der Waals surface area contributed by atoms with Crippen molar-refractivity contribution in [3.05, 3.63) is 0 Å². The van der Waals surface area contributed by atoms with Crippen LogP contribution in [0.5, 0.6) is 0 Å². The first-order chi connectivity index (χ1) is 7.31. The van der Waals surface area contributed by atoms with Crippen molar-refractivity contribution in [3.63, 3.8) is 0 Å². The minimum absolute atomic E-state index is 0.198. The van der Waals surface area contributed by atoms with Gasteiger partial charge in [0.25, 0.3) is 0 Å². The molecule has 4 heteroatoms. The van der Waals surface area contributed by atoms with Gasteiger partial charge in [0.1, 0.15) is 0 Å². The first-order valence-corrected chi connectivity index (χ1v) is 5.70. The number of hydrogen-bond donors (Lipinski definition) is 1. The highest BCUT2D eigenvalue weighted by molar-refractivity contribution is 4.50. The molecule has 0 aromatic heterocycles. The summed E-state index contributed by atoms with van der Waals surface area (Å²) in [6, 6.07) is 0. The van der Waals surface area contributed by atoms with Gasteiger partial charge in [-0.3, -0.25) is 0 Å². The molecule has 0 radical (unpaired) electrons. The normalized spacial score (nSPS) is 13.0. The molecule has 0 fully saturated rings. The zero-order chi connectivity index (χ0) is 11.4. The van der Waals surface area contributed by atoms with E-state index in [4.69, 9.17) is 14.2 Å². The Balaban J connectivity index is 3.02. The molecule has 0 aliphatic heterocycles. The van der Waals surface area contributed by atoms with Crippen LogP contribution < -0.4 is 5.32 Å². The molecule has 0 heterocycles. The summed E-state index contributed by atoms with van der Waals surface area (Å²) in [7, 11) is 1.71. The molecule has 0 bridgehead atoms. The summed E-state index contributed by atoms with van der Waals surface area (Å²) < 4.78 is 15.7. The van der Waals surface area contributed by atoms with Crippen LogP contribution >= 0.6 is 0 Å². The van der Waals surface area contributed by atoms with Gasteiger partial charge in [-0.05, 0) is 26.8 Å². The van der Waals surface area contributed by atoms with Crippen LogP contribution in [0.15, 0.2) is 0 Å². The molecule has 1 unspecified atom stereocenters. The summed E-state index contributed by atoms with van der Waals surface area (Å²) in [5.74, 6) is 0. The molecule has 4 nitrogen and oxygen atoms in total. The van der Waals surface area contributed by atoms with Crippen molar-refractivity contribution in [1.82, 2.24) is 5.32 Å². The van der Waals surface area contributed by atoms with E-state index in [1.165, 1.54) is 0 Å². The summed E-state index contributed by atoms with van der Waals surface area (Å²) in [5, 5.41) is 3.27. The van der Waals surface area contributed by atoms with E-state index in [2.05, 4.69) is 5.32 Å². The standard InChI is InChI=1S/C11H25NO3/c1-4-14-10-11(2)15-8-5-6-12-7-9-13-3/h11-12H,4-10H2,1-3H3. The fourth-order valence-corrected chi connectivity index (χ4v) is 1.11. The van der Waals surface area contributed by atoms with Crippen LogP contribution in [0.4, 0.5) is 0 Å². The van der Waals surface area contributed by atoms with Crippen LogP contribution in [0.1, 0.15) is 20.3 Å². The SMILES string of the molecule is CCOCC(C)OCCCNCCOC. The summed E-state index contributed by atoms with van der Waals surface area (Å²) in [5.41, 5.74) is 0. The Bertz CT molecular complexity index is 122. The maximum absolute atomic E-state index is 5.55. The Labute approximate surface area is 93.3 Å². The molecule has 0 aromatic rings. The van der Waals surface area contributed by atoms with Gasteiger partial charge in [0.05, 0.1) is 19.3 Å². The summed E-state index contributed by atoms with van der Waals surface area (Å²) in [6.45, 7) is 8.91. The second kappa shape index (κ2) is 11.9. The van der Waals surface area contributed by atoms with Gasteiger partial charge in [-0.25, -0.2) is 0 Å². The molecule has 15 heavy (non-hydrogen) atoms. The minimum atomic E-state index is 0.198. The second-order valence-electron chi connectivity index (χ2n) is 3.44. The summed E-state index contributed by atoms with van der Waals surface area (Å²) in [4.78, 5) is 0. The number of methoxy groups -OCH3 is 1. The van der Waals surface area contributed by atoms with Gasteiger partial charge in [-0.1, -0.05) is 0 Å². The Morgan fingerprint density at radius 2 is 2.00 bits per heavy atom. The Morgan fingerprint density at radius 1 is 1.20 bits per heavy atom.